The summed E-state index contributed by atoms with van der Waals surface area (Å²) in [6.45, 7) is 4.33. The van der Waals surface area contributed by atoms with Gasteiger partial charge in [0, 0.05) is 33.3 Å². The summed E-state index contributed by atoms with van der Waals surface area (Å²) in [5, 5.41) is 12.0. The van der Waals surface area contributed by atoms with Crippen LogP contribution in [0.5, 0.6) is 0 Å². The molecule has 266 valence electrons. The summed E-state index contributed by atoms with van der Waals surface area (Å²) in [5.74, 6) is 1.61. The van der Waals surface area contributed by atoms with Crippen molar-refractivity contribution in [2.24, 2.45) is 0 Å². The third kappa shape index (κ3) is 5.80. The second kappa shape index (κ2) is 13.8. The van der Waals surface area contributed by atoms with Crippen molar-refractivity contribution in [3.63, 3.8) is 0 Å². The minimum absolute atomic E-state index is 0.801. The summed E-state index contributed by atoms with van der Waals surface area (Å²) in [5.41, 5.74) is 16.2. The van der Waals surface area contributed by atoms with Gasteiger partial charge in [0.15, 0.2) is 11.6 Å². The van der Waals surface area contributed by atoms with E-state index in [2.05, 4.69) is 186 Å². The van der Waals surface area contributed by atoms with Gasteiger partial charge in [-0.05, 0) is 95.8 Å². The SMILES string of the molecule is Cc1ccc2c(c1)c1cc(C)ccc1n2-c1ccc(-c2ccccc2-c2ccccc2-c2ccc(-c3nnc(-c4ccccc4)n3-c3ccccc3)cc2)cc1. The first-order chi connectivity index (χ1) is 27.6. The number of aryl methyl sites for hydroxylation is 2. The number of hydrogen-bond donors (Lipinski definition) is 0. The van der Waals surface area contributed by atoms with E-state index in [1.165, 1.54) is 60.8 Å². The van der Waals surface area contributed by atoms with Gasteiger partial charge in [-0.1, -0.05) is 157 Å². The molecular weight excluding hydrogens is 681 g/mol. The topological polar surface area (TPSA) is 35.6 Å². The van der Waals surface area contributed by atoms with Crippen LogP contribution in [0.2, 0.25) is 0 Å². The second-order valence-electron chi connectivity index (χ2n) is 14.5. The minimum Gasteiger partial charge on any atom is -0.309 e. The Labute approximate surface area is 326 Å². The van der Waals surface area contributed by atoms with Crippen LogP contribution in [0.3, 0.4) is 0 Å². The molecule has 0 saturated carbocycles. The van der Waals surface area contributed by atoms with Crippen molar-refractivity contribution in [3.8, 4) is 67.5 Å². The van der Waals surface area contributed by atoms with Gasteiger partial charge in [0.25, 0.3) is 0 Å². The van der Waals surface area contributed by atoms with Gasteiger partial charge >= 0.3 is 0 Å². The van der Waals surface area contributed by atoms with Gasteiger partial charge in [0.2, 0.25) is 0 Å². The van der Waals surface area contributed by atoms with E-state index in [-0.39, 0.29) is 0 Å². The highest BCUT2D eigenvalue weighted by molar-refractivity contribution is 6.09. The van der Waals surface area contributed by atoms with Crippen molar-refractivity contribution in [1.82, 2.24) is 19.3 Å². The van der Waals surface area contributed by atoms with E-state index in [9.17, 15) is 0 Å². The Morgan fingerprint density at radius 2 is 0.714 bits per heavy atom. The number of aromatic nitrogens is 4. The number of fused-ring (bicyclic) bond motifs is 3. The zero-order valence-corrected chi connectivity index (χ0v) is 31.3. The Hall–Kier alpha value is -7.30. The van der Waals surface area contributed by atoms with E-state index in [0.717, 1.165) is 39.7 Å². The van der Waals surface area contributed by atoms with E-state index in [4.69, 9.17) is 5.10 Å². The molecule has 0 unspecified atom stereocenters. The maximum Gasteiger partial charge on any atom is 0.168 e. The van der Waals surface area contributed by atoms with Crippen LogP contribution in [0.1, 0.15) is 11.1 Å². The second-order valence-corrected chi connectivity index (χ2v) is 14.5. The highest BCUT2D eigenvalue weighted by Crippen LogP contribution is 2.40. The average Bonchev–Trinajstić information content (AvgIpc) is 3.84. The molecule has 10 aromatic rings. The number of hydrogen-bond acceptors (Lipinski definition) is 2. The molecule has 56 heavy (non-hydrogen) atoms. The normalized spacial score (nSPS) is 11.4. The first-order valence-electron chi connectivity index (χ1n) is 19.1. The average molecular weight is 719 g/mol. The van der Waals surface area contributed by atoms with Crippen LogP contribution in [0, 0.1) is 13.8 Å². The van der Waals surface area contributed by atoms with Crippen LogP contribution >= 0.6 is 0 Å². The van der Waals surface area contributed by atoms with Gasteiger partial charge in [-0.2, -0.15) is 0 Å². The van der Waals surface area contributed by atoms with Crippen LogP contribution < -0.4 is 0 Å². The molecule has 0 amide bonds. The molecule has 0 aliphatic carbocycles. The van der Waals surface area contributed by atoms with Crippen LogP contribution in [0.25, 0.3) is 89.3 Å². The highest BCUT2D eigenvalue weighted by Gasteiger charge is 2.19. The maximum absolute atomic E-state index is 4.72. The van der Waals surface area contributed by atoms with Crippen LogP contribution in [0.15, 0.2) is 194 Å². The van der Waals surface area contributed by atoms with E-state index in [1.54, 1.807) is 0 Å². The van der Waals surface area contributed by atoms with Crippen LogP contribution in [0.4, 0.5) is 0 Å². The van der Waals surface area contributed by atoms with E-state index >= 15 is 0 Å². The predicted octanol–water partition coefficient (Wildman–Crippen LogP) is 13.3. The molecule has 4 nitrogen and oxygen atoms in total. The lowest BCUT2D eigenvalue weighted by molar-refractivity contribution is 1.07. The largest absolute Gasteiger partial charge is 0.309 e. The van der Waals surface area contributed by atoms with E-state index < -0.39 is 0 Å². The molecule has 10 rings (SSSR count). The predicted molar refractivity (Wildman–Crippen MR) is 232 cm³/mol. The number of benzene rings is 8. The summed E-state index contributed by atoms with van der Waals surface area (Å²) < 4.78 is 4.53. The minimum atomic E-state index is 0.801. The lowest BCUT2D eigenvalue weighted by Crippen LogP contribution is -2.00. The maximum atomic E-state index is 4.72. The van der Waals surface area contributed by atoms with Crippen molar-refractivity contribution in [3.05, 3.63) is 205 Å². The standard InChI is InChI=1S/C52H38N4/c1-35-21-31-49-47(33-35)48-34-36(2)22-32-50(48)55(49)42-29-27-38(28-30-42)44-18-10-12-20-46(44)45-19-11-9-17-43(45)37-23-25-40(26-24-37)52-54-53-51(39-13-5-3-6-14-39)56(52)41-15-7-4-8-16-41/h3-34H,1-2H3. The third-order valence-corrected chi connectivity index (χ3v) is 10.8. The monoisotopic (exact) mass is 718 g/mol. The molecule has 0 radical (unpaired) electrons. The van der Waals surface area contributed by atoms with Crippen LogP contribution in [-0.4, -0.2) is 19.3 Å². The van der Waals surface area contributed by atoms with Gasteiger partial charge in [0.05, 0.1) is 11.0 Å². The Balaban J connectivity index is 1.02. The van der Waals surface area contributed by atoms with Crippen molar-refractivity contribution in [1.29, 1.82) is 0 Å². The Morgan fingerprint density at radius 3 is 1.23 bits per heavy atom. The molecule has 0 aliphatic rings. The summed E-state index contributed by atoms with van der Waals surface area (Å²) in [6.07, 6.45) is 0. The van der Waals surface area contributed by atoms with Crippen molar-refractivity contribution >= 4 is 21.8 Å². The van der Waals surface area contributed by atoms with Gasteiger partial charge in [-0.25, -0.2) is 0 Å². The Morgan fingerprint density at radius 1 is 0.321 bits per heavy atom. The van der Waals surface area contributed by atoms with Crippen molar-refractivity contribution < 1.29 is 0 Å². The smallest absolute Gasteiger partial charge is 0.168 e. The molecule has 0 spiro atoms. The number of rotatable bonds is 7. The van der Waals surface area contributed by atoms with E-state index in [1.807, 2.05) is 36.4 Å². The molecule has 2 aromatic heterocycles. The quantitative estimate of drug-likeness (QED) is 0.164. The Bertz CT molecular complexity index is 2950. The van der Waals surface area contributed by atoms with E-state index in [0.29, 0.717) is 0 Å². The van der Waals surface area contributed by atoms with Crippen molar-refractivity contribution in [2.45, 2.75) is 13.8 Å². The van der Waals surface area contributed by atoms with Crippen molar-refractivity contribution in [2.75, 3.05) is 0 Å². The van der Waals surface area contributed by atoms with Gasteiger partial charge in [-0.15, -0.1) is 10.2 Å². The summed E-state index contributed by atoms with van der Waals surface area (Å²) >= 11 is 0. The molecule has 0 aliphatic heterocycles. The fourth-order valence-electron chi connectivity index (χ4n) is 8.12. The molecule has 0 N–H and O–H groups in total. The summed E-state index contributed by atoms with van der Waals surface area (Å²) in [6, 6.07) is 69.3. The number of nitrogens with zero attached hydrogens (tertiary/aromatic N) is 4. The third-order valence-electron chi connectivity index (χ3n) is 10.8. The fraction of sp³-hybridized carbons (Fsp3) is 0.0385. The highest BCUT2D eigenvalue weighted by atomic mass is 15.3. The number of para-hydroxylation sites is 1. The molecule has 8 aromatic carbocycles. The Kier molecular flexibility index (Phi) is 8.23. The first kappa shape index (κ1) is 33.3. The van der Waals surface area contributed by atoms with Gasteiger partial charge in [0.1, 0.15) is 0 Å². The lowest BCUT2D eigenvalue weighted by Gasteiger charge is -2.16. The molecule has 2 heterocycles. The molecule has 0 fully saturated rings. The molecule has 0 atom stereocenters. The lowest BCUT2D eigenvalue weighted by atomic mass is 9.89. The molecule has 0 bridgehead atoms. The summed E-state index contributed by atoms with van der Waals surface area (Å²) in [4.78, 5) is 0. The summed E-state index contributed by atoms with van der Waals surface area (Å²) in [7, 11) is 0. The first-order valence-corrected chi connectivity index (χ1v) is 19.1. The molecule has 4 heteroatoms. The zero-order chi connectivity index (χ0) is 37.6. The zero-order valence-electron chi connectivity index (χ0n) is 31.3. The van der Waals surface area contributed by atoms with Crippen LogP contribution in [-0.2, 0) is 0 Å². The molecule has 0 saturated heterocycles. The fourth-order valence-corrected chi connectivity index (χ4v) is 8.12. The molecular formula is C52H38N4. The van der Waals surface area contributed by atoms with Gasteiger partial charge < -0.3 is 4.57 Å². The van der Waals surface area contributed by atoms with Gasteiger partial charge in [-0.3, -0.25) is 4.57 Å².